The lowest BCUT2D eigenvalue weighted by Gasteiger charge is -2.50. The molecule has 4 aliphatic heterocycles. The molecule has 2 amide bonds. The van der Waals surface area contributed by atoms with Crippen molar-refractivity contribution in [2.75, 3.05) is 33.0 Å². The number of hydrogen-bond acceptors (Lipinski definition) is 25. The summed E-state index contributed by atoms with van der Waals surface area (Å²) < 4.78 is 80.3. The van der Waals surface area contributed by atoms with Crippen molar-refractivity contribution in [2.45, 2.75) is 196 Å². The van der Waals surface area contributed by atoms with E-state index in [0.717, 1.165) is 33.1 Å². The molecule has 4 aliphatic rings. The van der Waals surface area contributed by atoms with E-state index >= 15 is 0 Å². The summed E-state index contributed by atoms with van der Waals surface area (Å²) in [5.74, 6) is -1.74. The van der Waals surface area contributed by atoms with Crippen LogP contribution >= 0.6 is 15.6 Å². The molecule has 0 saturated carbocycles. The van der Waals surface area contributed by atoms with Gasteiger partial charge in [0.25, 0.3) is 0 Å². The summed E-state index contributed by atoms with van der Waals surface area (Å²) >= 11 is 0. The Balaban J connectivity index is 1.46. The molecular formula is C43H76N2O27P2. The SMILES string of the molecule is CC(=O)NC1C(OC2C(CO)OC(OP(=O)(O)OP(=O)(O)OCCC(C)CCC=C(C)CCC=C(C)C)C(NC(C)=O)C2O)OC(CO)C(OC2OC(CO)C(O)C(OC3OC(CO)C(O)C(O)C3O)C2O)C1O. The number of aliphatic hydroxyl groups excluding tert-OH is 11. The number of aliphatic hydroxyl groups is 11. The number of nitrogens with one attached hydrogen (secondary N) is 2. The van der Waals surface area contributed by atoms with Crippen molar-refractivity contribution in [1.29, 1.82) is 0 Å². The van der Waals surface area contributed by atoms with Crippen LogP contribution in [-0.4, -0.2) is 234 Å². The van der Waals surface area contributed by atoms with Gasteiger partial charge in [-0.25, -0.2) is 9.13 Å². The number of allylic oxidation sites excluding steroid dienone is 4. The molecule has 4 fully saturated rings. The highest BCUT2D eigenvalue weighted by molar-refractivity contribution is 7.61. The van der Waals surface area contributed by atoms with E-state index in [-0.39, 0.29) is 18.9 Å². The monoisotopic (exact) mass is 1110 g/mol. The van der Waals surface area contributed by atoms with Crippen molar-refractivity contribution < 1.29 is 131 Å². The van der Waals surface area contributed by atoms with Gasteiger partial charge in [-0.05, 0) is 58.8 Å². The lowest BCUT2D eigenvalue weighted by atomic mass is 9.94. The maximum Gasteiger partial charge on any atom is 0.483 e. The van der Waals surface area contributed by atoms with Crippen molar-refractivity contribution in [1.82, 2.24) is 10.6 Å². The van der Waals surface area contributed by atoms with Crippen LogP contribution in [0.25, 0.3) is 0 Å². The van der Waals surface area contributed by atoms with Crippen molar-refractivity contribution in [3.63, 3.8) is 0 Å². The van der Waals surface area contributed by atoms with Crippen molar-refractivity contribution in [2.24, 2.45) is 5.92 Å². The molecule has 430 valence electrons. The molecule has 29 nitrogen and oxygen atoms in total. The molecule has 0 bridgehead atoms. The first-order valence-corrected chi connectivity index (χ1v) is 27.0. The van der Waals surface area contributed by atoms with Gasteiger partial charge < -0.3 is 110 Å². The van der Waals surface area contributed by atoms with Gasteiger partial charge in [-0.1, -0.05) is 30.2 Å². The van der Waals surface area contributed by atoms with E-state index in [1.54, 1.807) is 0 Å². The molecular weight excluding hydrogens is 1040 g/mol. The number of carbonyl (C=O) groups is 2. The highest BCUT2D eigenvalue weighted by Gasteiger charge is 2.57. The molecule has 0 spiro atoms. The fourth-order valence-electron chi connectivity index (χ4n) is 8.55. The Hall–Kier alpha value is -2.04. The molecule has 4 rings (SSSR count). The van der Waals surface area contributed by atoms with Crippen molar-refractivity contribution in [3.05, 3.63) is 23.3 Å². The van der Waals surface area contributed by atoms with E-state index in [1.807, 2.05) is 27.7 Å². The zero-order chi connectivity index (χ0) is 55.4. The second-order valence-electron chi connectivity index (χ2n) is 18.9. The third-order valence-electron chi connectivity index (χ3n) is 12.5. The molecule has 74 heavy (non-hydrogen) atoms. The maximum atomic E-state index is 13.2. The lowest BCUT2D eigenvalue weighted by molar-refractivity contribution is -0.379. The third-order valence-corrected chi connectivity index (χ3v) is 15.2. The molecule has 0 aromatic heterocycles. The second-order valence-corrected chi connectivity index (χ2v) is 21.9. The van der Waals surface area contributed by atoms with Crippen LogP contribution in [-0.2, 0) is 65.2 Å². The quantitative estimate of drug-likeness (QED) is 0.0293. The molecule has 0 aromatic rings. The van der Waals surface area contributed by atoms with Crippen LogP contribution in [0.15, 0.2) is 23.3 Å². The number of phosphoric acid groups is 2. The van der Waals surface area contributed by atoms with E-state index in [0.29, 0.717) is 6.42 Å². The summed E-state index contributed by atoms with van der Waals surface area (Å²) in [5.41, 5.74) is 2.45. The number of hydrogen-bond donors (Lipinski definition) is 15. The molecule has 0 aromatic carbocycles. The van der Waals surface area contributed by atoms with E-state index in [2.05, 4.69) is 27.1 Å². The Bertz CT molecular complexity index is 1930. The third kappa shape index (κ3) is 18.0. The minimum atomic E-state index is -5.71. The highest BCUT2D eigenvalue weighted by Crippen LogP contribution is 2.61. The topological polar surface area (TPSA) is 448 Å². The standard InChI is InChI=1S/C43H76N2O27P2/c1-19(2)9-7-10-20(3)11-8-12-21(4)13-14-63-73(59,60)72-74(61,62)71-41-29(45-23(6)51)33(55)37(27(18-49)67-41)68-40-28(44-22(5)50)32(54)38(26(17-48)66-40)69-43-36(58)39(31(53)25(16-47)65-43)70-42-35(57)34(56)30(52)24(15-46)64-42/h9,11,21,24-43,46-49,52-58H,7-8,10,12-18H2,1-6H3,(H,44,50)(H,45,51)(H,59,60)(H,61,62). The van der Waals surface area contributed by atoms with Crippen molar-refractivity contribution >= 4 is 27.5 Å². The van der Waals surface area contributed by atoms with Gasteiger partial charge in [0.2, 0.25) is 11.8 Å². The number of rotatable bonds is 26. The summed E-state index contributed by atoms with van der Waals surface area (Å²) in [5, 5.41) is 122. The maximum absolute atomic E-state index is 13.2. The molecule has 31 heteroatoms. The predicted molar refractivity (Wildman–Crippen MR) is 248 cm³/mol. The summed E-state index contributed by atoms with van der Waals surface area (Å²) in [6, 6.07) is -3.68. The van der Waals surface area contributed by atoms with Gasteiger partial charge in [-0.3, -0.25) is 18.6 Å². The second kappa shape index (κ2) is 29.3. The number of amides is 2. The number of phosphoric ester groups is 2. The minimum absolute atomic E-state index is 0.00337. The lowest BCUT2D eigenvalue weighted by Crippen LogP contribution is -2.70. The zero-order valence-corrected chi connectivity index (χ0v) is 43.6. The normalized spacial score (nSPS) is 39.0. The van der Waals surface area contributed by atoms with Gasteiger partial charge in [0.15, 0.2) is 25.2 Å². The highest BCUT2D eigenvalue weighted by atomic mass is 31.3. The van der Waals surface area contributed by atoms with Gasteiger partial charge in [-0.15, -0.1) is 0 Å². The first kappa shape index (κ1) is 64.5. The van der Waals surface area contributed by atoms with Crippen LogP contribution in [0.2, 0.25) is 0 Å². The van der Waals surface area contributed by atoms with Crippen molar-refractivity contribution in [3.8, 4) is 0 Å². The van der Waals surface area contributed by atoms with Gasteiger partial charge >= 0.3 is 15.6 Å². The fourth-order valence-corrected chi connectivity index (χ4v) is 10.7. The van der Waals surface area contributed by atoms with E-state index < -0.39 is 177 Å². The average molecular weight is 1120 g/mol. The molecule has 4 heterocycles. The molecule has 4 saturated heterocycles. The van der Waals surface area contributed by atoms with Crippen LogP contribution in [0, 0.1) is 5.92 Å². The van der Waals surface area contributed by atoms with Gasteiger partial charge in [-0.2, -0.15) is 4.31 Å². The van der Waals surface area contributed by atoms with Crippen LogP contribution in [0.1, 0.15) is 73.6 Å². The first-order chi connectivity index (χ1) is 34.7. The molecule has 0 aliphatic carbocycles. The molecule has 15 N–H and O–H groups in total. The van der Waals surface area contributed by atoms with Gasteiger partial charge in [0.1, 0.15) is 97.5 Å². The van der Waals surface area contributed by atoms with E-state index in [9.17, 15) is 84.7 Å². The van der Waals surface area contributed by atoms with Crippen LogP contribution in [0.4, 0.5) is 0 Å². The molecule has 0 radical (unpaired) electrons. The summed E-state index contributed by atoms with van der Waals surface area (Å²) in [7, 11) is -11.0. The smallest absolute Gasteiger partial charge is 0.394 e. The average Bonchev–Trinajstić information content (AvgIpc) is 3.31. The predicted octanol–water partition coefficient (Wildman–Crippen LogP) is -3.70. The molecule has 23 atom stereocenters. The largest absolute Gasteiger partial charge is 0.483 e. The Morgan fingerprint density at radius 2 is 1.03 bits per heavy atom. The van der Waals surface area contributed by atoms with Crippen LogP contribution < -0.4 is 10.6 Å². The number of carbonyl (C=O) groups excluding carboxylic acids is 2. The van der Waals surface area contributed by atoms with Gasteiger partial charge in [0.05, 0.1) is 33.0 Å². The molecule has 23 unspecified atom stereocenters. The first-order valence-electron chi connectivity index (χ1n) is 24.0. The zero-order valence-electron chi connectivity index (χ0n) is 41.8. The Kier molecular flexibility index (Phi) is 25.5. The van der Waals surface area contributed by atoms with E-state index in [4.69, 9.17) is 42.2 Å². The Morgan fingerprint density at radius 1 is 0.554 bits per heavy atom. The number of ether oxygens (including phenoxy) is 7. The van der Waals surface area contributed by atoms with Gasteiger partial charge in [0, 0.05) is 13.8 Å². The summed E-state index contributed by atoms with van der Waals surface area (Å²) in [4.78, 5) is 45.9. The Morgan fingerprint density at radius 3 is 1.55 bits per heavy atom. The fraction of sp³-hybridized carbons (Fsp3) is 0.860. The van der Waals surface area contributed by atoms with Crippen LogP contribution in [0.3, 0.4) is 0 Å². The minimum Gasteiger partial charge on any atom is -0.394 e. The Labute approximate surface area is 427 Å². The summed E-state index contributed by atoms with van der Waals surface area (Å²) in [6.45, 7) is 5.62. The summed E-state index contributed by atoms with van der Waals surface area (Å²) in [6.07, 6.45) is -26.5. The van der Waals surface area contributed by atoms with Crippen LogP contribution in [0.5, 0.6) is 0 Å². The van der Waals surface area contributed by atoms with E-state index in [1.165, 1.54) is 11.1 Å².